The number of carbonyl (C=O) groups excluding carboxylic acids is 1. The van der Waals surface area contributed by atoms with Crippen molar-refractivity contribution in [2.75, 3.05) is 5.32 Å². The molecular formula is C17H15BrF3NO. The molecule has 1 atom stereocenters. The topological polar surface area (TPSA) is 29.1 Å². The molecule has 0 heterocycles. The van der Waals surface area contributed by atoms with Crippen molar-refractivity contribution >= 4 is 27.4 Å². The third-order valence-corrected chi connectivity index (χ3v) is 3.82. The summed E-state index contributed by atoms with van der Waals surface area (Å²) in [4.78, 5) is 11.5. The summed E-state index contributed by atoms with van der Waals surface area (Å²) < 4.78 is 39.3. The maximum absolute atomic E-state index is 12.8. The first kappa shape index (κ1) is 17.5. The van der Waals surface area contributed by atoms with Gasteiger partial charge in [0.05, 0.1) is 11.6 Å². The molecule has 1 unspecified atom stereocenters. The Kier molecular flexibility index (Phi) is 5.46. The van der Waals surface area contributed by atoms with Crippen LogP contribution in [0.5, 0.6) is 0 Å². The number of anilines is 1. The van der Waals surface area contributed by atoms with Crippen LogP contribution in [-0.2, 0) is 11.0 Å². The lowest BCUT2D eigenvalue weighted by atomic mass is 10.0. The minimum absolute atomic E-state index is 0.0441. The fourth-order valence-electron chi connectivity index (χ4n) is 2.22. The first-order valence-corrected chi connectivity index (χ1v) is 7.73. The Morgan fingerprint density at radius 3 is 2.39 bits per heavy atom. The van der Waals surface area contributed by atoms with Crippen LogP contribution >= 0.6 is 15.9 Å². The molecule has 0 radical (unpaired) electrons. The minimum atomic E-state index is -4.40. The zero-order chi connectivity index (χ0) is 17.0. The normalized spacial score (nSPS) is 12.7. The lowest BCUT2D eigenvalue weighted by molar-refractivity contribution is -0.137. The van der Waals surface area contributed by atoms with Gasteiger partial charge in [0.2, 0.25) is 0 Å². The van der Waals surface area contributed by atoms with E-state index in [0.29, 0.717) is 5.69 Å². The van der Waals surface area contributed by atoms with Gasteiger partial charge in [0.15, 0.2) is 0 Å². The molecule has 2 aromatic rings. The Hall–Kier alpha value is -1.82. The average Bonchev–Trinajstić information content (AvgIpc) is 2.46. The highest BCUT2D eigenvalue weighted by Crippen LogP contribution is 2.32. The van der Waals surface area contributed by atoms with Crippen molar-refractivity contribution in [1.29, 1.82) is 0 Å². The van der Waals surface area contributed by atoms with Crippen LogP contribution in [0.2, 0.25) is 0 Å². The molecule has 0 aliphatic heterocycles. The van der Waals surface area contributed by atoms with Gasteiger partial charge in [-0.2, -0.15) is 13.2 Å². The number of alkyl halides is 3. The Labute approximate surface area is 140 Å². The van der Waals surface area contributed by atoms with Gasteiger partial charge in [-0.15, -0.1) is 0 Å². The molecule has 0 aromatic heterocycles. The third-order valence-electron chi connectivity index (χ3n) is 3.29. The molecule has 1 N–H and O–H groups in total. The summed E-state index contributed by atoms with van der Waals surface area (Å²) >= 11 is 3.33. The summed E-state index contributed by atoms with van der Waals surface area (Å²) in [6.07, 6.45) is -4.21. The first-order chi connectivity index (χ1) is 10.8. The number of rotatable bonds is 5. The van der Waals surface area contributed by atoms with Crippen LogP contribution in [-0.4, -0.2) is 5.78 Å². The predicted octanol–water partition coefficient (Wildman–Crippen LogP) is 5.60. The number of benzene rings is 2. The molecule has 2 nitrogen and oxygen atoms in total. The monoisotopic (exact) mass is 385 g/mol. The summed E-state index contributed by atoms with van der Waals surface area (Å²) in [5.41, 5.74) is 0.440. The maximum atomic E-state index is 12.8. The van der Waals surface area contributed by atoms with Crippen LogP contribution in [0.3, 0.4) is 0 Å². The Bertz CT molecular complexity index is 683. The van der Waals surface area contributed by atoms with Crippen LogP contribution in [0.15, 0.2) is 53.0 Å². The predicted molar refractivity (Wildman–Crippen MR) is 87.2 cm³/mol. The quantitative estimate of drug-likeness (QED) is 0.725. The van der Waals surface area contributed by atoms with Crippen molar-refractivity contribution in [3.8, 4) is 0 Å². The van der Waals surface area contributed by atoms with Gasteiger partial charge >= 0.3 is 6.18 Å². The van der Waals surface area contributed by atoms with E-state index in [2.05, 4.69) is 21.2 Å². The molecule has 0 fully saturated rings. The van der Waals surface area contributed by atoms with Crippen LogP contribution < -0.4 is 5.32 Å². The van der Waals surface area contributed by atoms with Crippen LogP contribution in [0, 0.1) is 0 Å². The number of nitrogens with one attached hydrogen (secondary N) is 1. The highest BCUT2D eigenvalue weighted by molar-refractivity contribution is 9.10. The van der Waals surface area contributed by atoms with E-state index in [9.17, 15) is 18.0 Å². The van der Waals surface area contributed by atoms with E-state index in [-0.39, 0.29) is 18.2 Å². The van der Waals surface area contributed by atoms with Crippen molar-refractivity contribution in [3.63, 3.8) is 0 Å². The van der Waals surface area contributed by atoms with Crippen LogP contribution in [0.25, 0.3) is 0 Å². The van der Waals surface area contributed by atoms with Crippen molar-refractivity contribution in [3.05, 3.63) is 64.1 Å². The molecule has 0 spiro atoms. The van der Waals surface area contributed by atoms with E-state index >= 15 is 0 Å². The van der Waals surface area contributed by atoms with Gasteiger partial charge in [-0.3, -0.25) is 4.79 Å². The molecule has 2 aromatic carbocycles. The third kappa shape index (κ3) is 5.10. The van der Waals surface area contributed by atoms with E-state index in [4.69, 9.17) is 0 Å². The fourth-order valence-corrected chi connectivity index (χ4v) is 2.49. The van der Waals surface area contributed by atoms with Crippen molar-refractivity contribution in [2.45, 2.75) is 25.6 Å². The zero-order valence-electron chi connectivity index (χ0n) is 12.3. The van der Waals surface area contributed by atoms with Crippen molar-refractivity contribution in [1.82, 2.24) is 0 Å². The molecule has 2 rings (SSSR count). The average molecular weight is 386 g/mol. The van der Waals surface area contributed by atoms with Crippen LogP contribution in [0.1, 0.15) is 30.5 Å². The van der Waals surface area contributed by atoms with Gasteiger partial charge in [-0.05, 0) is 42.8 Å². The van der Waals surface area contributed by atoms with E-state index in [1.165, 1.54) is 13.0 Å². The van der Waals surface area contributed by atoms with E-state index < -0.39 is 11.7 Å². The number of Topliss-reactive ketones (excluding diaryl/α,β-unsaturated/α-hetero) is 1. The largest absolute Gasteiger partial charge is 0.416 e. The minimum Gasteiger partial charge on any atom is -0.378 e. The summed E-state index contributed by atoms with van der Waals surface area (Å²) in [5, 5.41) is 3.02. The van der Waals surface area contributed by atoms with Gasteiger partial charge in [0.1, 0.15) is 5.78 Å². The molecule has 0 aliphatic carbocycles. The highest BCUT2D eigenvalue weighted by atomic mass is 79.9. The second-order valence-corrected chi connectivity index (χ2v) is 6.15. The van der Waals surface area contributed by atoms with Gasteiger partial charge < -0.3 is 5.32 Å². The van der Waals surface area contributed by atoms with Gasteiger partial charge in [0.25, 0.3) is 0 Å². The second kappa shape index (κ2) is 7.17. The lowest BCUT2D eigenvalue weighted by Crippen LogP contribution is -2.15. The standard InChI is InChI=1S/C17H15BrF3NO/c1-11(23)9-16(12-5-7-14(18)8-6-12)22-15-4-2-3-13(10-15)17(19,20)21/h2-8,10,16,22H,9H2,1H3. The van der Waals surface area contributed by atoms with Crippen molar-refractivity contribution < 1.29 is 18.0 Å². The fraction of sp³-hybridized carbons (Fsp3) is 0.235. The van der Waals surface area contributed by atoms with E-state index in [0.717, 1.165) is 22.2 Å². The van der Waals surface area contributed by atoms with E-state index in [1.54, 1.807) is 6.07 Å². The van der Waals surface area contributed by atoms with Crippen LogP contribution in [0.4, 0.5) is 18.9 Å². The lowest BCUT2D eigenvalue weighted by Gasteiger charge is -2.20. The van der Waals surface area contributed by atoms with Gasteiger partial charge in [-0.25, -0.2) is 0 Å². The molecule has 0 amide bonds. The molecule has 0 bridgehead atoms. The van der Waals surface area contributed by atoms with Gasteiger partial charge in [-0.1, -0.05) is 34.1 Å². The molecule has 0 aliphatic rings. The number of carbonyl (C=O) groups is 1. The summed E-state index contributed by atoms with van der Waals surface area (Å²) in [6, 6.07) is 11.9. The zero-order valence-corrected chi connectivity index (χ0v) is 13.9. The van der Waals surface area contributed by atoms with Gasteiger partial charge in [0, 0.05) is 16.6 Å². The molecule has 6 heteroatoms. The van der Waals surface area contributed by atoms with Crippen molar-refractivity contribution in [2.24, 2.45) is 0 Å². The smallest absolute Gasteiger partial charge is 0.378 e. The van der Waals surface area contributed by atoms with E-state index in [1.807, 2.05) is 24.3 Å². The molecule has 23 heavy (non-hydrogen) atoms. The summed E-state index contributed by atoms with van der Waals surface area (Å²) in [6.45, 7) is 1.46. The Morgan fingerprint density at radius 1 is 1.17 bits per heavy atom. The number of halogens is 4. The molecule has 122 valence electrons. The second-order valence-electron chi connectivity index (χ2n) is 5.23. The highest BCUT2D eigenvalue weighted by Gasteiger charge is 2.30. The SMILES string of the molecule is CC(=O)CC(Nc1cccc(C(F)(F)F)c1)c1ccc(Br)cc1. The summed E-state index contributed by atoms with van der Waals surface area (Å²) in [7, 11) is 0. The maximum Gasteiger partial charge on any atom is 0.416 e. The summed E-state index contributed by atoms with van der Waals surface area (Å²) in [5.74, 6) is -0.0441. The molecule has 0 saturated carbocycles. The Balaban J connectivity index is 2.27. The molecular weight excluding hydrogens is 371 g/mol. The Morgan fingerprint density at radius 2 is 1.83 bits per heavy atom. The first-order valence-electron chi connectivity index (χ1n) is 6.94. The number of hydrogen-bond acceptors (Lipinski definition) is 2. The number of hydrogen-bond donors (Lipinski definition) is 1. The number of ketones is 1. The molecule has 0 saturated heterocycles.